The average molecular weight is 316 g/mol. The number of hydrogen-bond donors (Lipinski definition) is 0. The fraction of sp³-hybridized carbons (Fsp3) is 0.462. The third-order valence-corrected chi connectivity index (χ3v) is 4.05. The van der Waals surface area contributed by atoms with E-state index in [9.17, 15) is 9.18 Å². The van der Waals surface area contributed by atoms with E-state index in [2.05, 4.69) is 15.9 Å². The molecule has 1 aliphatic rings. The lowest BCUT2D eigenvalue weighted by Gasteiger charge is -2.31. The van der Waals surface area contributed by atoms with Gasteiger partial charge < -0.3 is 9.64 Å². The minimum atomic E-state index is -0.489. The van der Waals surface area contributed by atoms with Gasteiger partial charge in [0.1, 0.15) is 5.82 Å². The summed E-state index contributed by atoms with van der Waals surface area (Å²) in [6.07, 6.45) is -0.00524. The van der Waals surface area contributed by atoms with Crippen molar-refractivity contribution in [2.75, 3.05) is 19.7 Å². The Bertz CT molecular complexity index is 478. The van der Waals surface area contributed by atoms with Crippen LogP contribution >= 0.6 is 15.9 Å². The molecule has 0 radical (unpaired) electrons. The summed E-state index contributed by atoms with van der Waals surface area (Å²) in [7, 11) is 0. The maximum absolute atomic E-state index is 13.8. The first-order chi connectivity index (χ1) is 8.50. The van der Waals surface area contributed by atoms with E-state index in [4.69, 9.17) is 4.74 Å². The van der Waals surface area contributed by atoms with Gasteiger partial charge in [-0.3, -0.25) is 4.79 Å². The molecule has 1 fully saturated rings. The molecule has 1 heterocycles. The standard InChI is InChI=1S/C13H15BrFNO2/c1-8-3-4-10(15)11(12(8)14)13(17)16-5-6-18-9(2)7-16/h3-4,9H,5-7H2,1-2H3/t9-/m0/s1. The van der Waals surface area contributed by atoms with Crippen molar-refractivity contribution in [3.63, 3.8) is 0 Å². The van der Waals surface area contributed by atoms with Crippen LogP contribution in [0, 0.1) is 12.7 Å². The molecule has 5 heteroatoms. The number of morpholine rings is 1. The molecule has 98 valence electrons. The Hall–Kier alpha value is -0.940. The molecular formula is C13H15BrFNO2. The second-order valence-electron chi connectivity index (χ2n) is 4.49. The van der Waals surface area contributed by atoms with Crippen molar-refractivity contribution in [2.24, 2.45) is 0 Å². The van der Waals surface area contributed by atoms with Crippen LogP contribution in [0.2, 0.25) is 0 Å². The Morgan fingerprint density at radius 3 is 2.94 bits per heavy atom. The zero-order valence-electron chi connectivity index (χ0n) is 10.4. The number of rotatable bonds is 1. The molecule has 0 N–H and O–H groups in total. The minimum absolute atomic E-state index is 0.00524. The molecule has 0 aromatic heterocycles. The van der Waals surface area contributed by atoms with Gasteiger partial charge in [-0.1, -0.05) is 6.07 Å². The SMILES string of the molecule is Cc1ccc(F)c(C(=O)N2CCO[C@@H](C)C2)c1Br. The lowest BCUT2D eigenvalue weighted by molar-refractivity contribution is -0.0126. The maximum atomic E-state index is 13.8. The van der Waals surface area contributed by atoms with Crippen molar-refractivity contribution < 1.29 is 13.9 Å². The summed E-state index contributed by atoms with van der Waals surface area (Å²) >= 11 is 3.29. The molecule has 1 saturated heterocycles. The molecule has 3 nitrogen and oxygen atoms in total. The number of aryl methyl sites for hydroxylation is 1. The normalized spacial score (nSPS) is 20.0. The summed E-state index contributed by atoms with van der Waals surface area (Å²) < 4.78 is 19.7. The number of ether oxygens (including phenoxy) is 1. The van der Waals surface area contributed by atoms with E-state index in [0.717, 1.165) is 5.56 Å². The summed E-state index contributed by atoms with van der Waals surface area (Å²) in [4.78, 5) is 14.0. The number of halogens is 2. The smallest absolute Gasteiger partial charge is 0.258 e. The van der Waals surface area contributed by atoms with Gasteiger partial charge in [-0.2, -0.15) is 0 Å². The van der Waals surface area contributed by atoms with E-state index in [1.165, 1.54) is 6.07 Å². The molecule has 0 bridgehead atoms. The number of nitrogens with zero attached hydrogens (tertiary/aromatic N) is 1. The van der Waals surface area contributed by atoms with Crippen LogP contribution < -0.4 is 0 Å². The predicted octanol–water partition coefficient (Wildman–Crippen LogP) is 2.76. The van der Waals surface area contributed by atoms with Gasteiger partial charge in [-0.15, -0.1) is 0 Å². The highest BCUT2D eigenvalue weighted by Crippen LogP contribution is 2.26. The molecule has 18 heavy (non-hydrogen) atoms. The average Bonchev–Trinajstić information content (AvgIpc) is 2.34. The van der Waals surface area contributed by atoms with E-state index in [0.29, 0.717) is 24.2 Å². The third-order valence-electron chi connectivity index (χ3n) is 3.03. The molecule has 1 aliphatic heterocycles. The summed E-state index contributed by atoms with van der Waals surface area (Å²) in [5, 5.41) is 0. The molecule has 0 spiro atoms. The quantitative estimate of drug-likeness (QED) is 0.797. The molecule has 2 rings (SSSR count). The second-order valence-corrected chi connectivity index (χ2v) is 5.28. The molecule has 1 aromatic carbocycles. The van der Waals surface area contributed by atoms with Gasteiger partial charge >= 0.3 is 0 Å². The van der Waals surface area contributed by atoms with Crippen LogP contribution in [-0.4, -0.2) is 36.6 Å². The summed E-state index contributed by atoms with van der Waals surface area (Å²) in [6.45, 7) is 5.24. The number of benzene rings is 1. The molecule has 0 saturated carbocycles. The minimum Gasteiger partial charge on any atom is -0.375 e. The first-order valence-electron chi connectivity index (χ1n) is 5.86. The van der Waals surface area contributed by atoms with Crippen molar-refractivity contribution >= 4 is 21.8 Å². The van der Waals surface area contributed by atoms with E-state index < -0.39 is 5.82 Å². The lowest BCUT2D eigenvalue weighted by Crippen LogP contribution is -2.44. The van der Waals surface area contributed by atoms with Crippen LogP contribution in [0.5, 0.6) is 0 Å². The molecule has 1 atom stereocenters. The van der Waals surface area contributed by atoms with Crippen LogP contribution in [0.1, 0.15) is 22.8 Å². The maximum Gasteiger partial charge on any atom is 0.258 e. The summed E-state index contributed by atoms with van der Waals surface area (Å²) in [5.41, 5.74) is 0.963. The Balaban J connectivity index is 2.31. The molecule has 0 unspecified atom stereocenters. The number of hydrogen-bond acceptors (Lipinski definition) is 2. The van der Waals surface area contributed by atoms with Gasteiger partial charge in [-0.25, -0.2) is 4.39 Å². The predicted molar refractivity (Wildman–Crippen MR) is 70.2 cm³/mol. The number of amides is 1. The fourth-order valence-corrected chi connectivity index (χ4v) is 2.50. The van der Waals surface area contributed by atoms with Gasteiger partial charge in [0.15, 0.2) is 0 Å². The first-order valence-corrected chi connectivity index (χ1v) is 6.65. The van der Waals surface area contributed by atoms with Gasteiger partial charge in [-0.05, 0) is 41.4 Å². The van der Waals surface area contributed by atoms with Crippen molar-refractivity contribution in [1.82, 2.24) is 4.90 Å². The summed E-state index contributed by atoms with van der Waals surface area (Å²) in [5.74, 6) is -0.769. The van der Waals surface area contributed by atoms with Crippen molar-refractivity contribution in [2.45, 2.75) is 20.0 Å². The molecule has 1 amide bonds. The van der Waals surface area contributed by atoms with E-state index >= 15 is 0 Å². The summed E-state index contributed by atoms with van der Waals surface area (Å²) in [6, 6.07) is 2.98. The van der Waals surface area contributed by atoms with E-state index in [1.807, 2.05) is 13.8 Å². The number of carbonyl (C=O) groups excluding carboxylic acids is 1. The van der Waals surface area contributed by atoms with E-state index in [1.54, 1.807) is 11.0 Å². The van der Waals surface area contributed by atoms with Gasteiger partial charge in [0, 0.05) is 17.6 Å². The van der Waals surface area contributed by atoms with Crippen molar-refractivity contribution in [1.29, 1.82) is 0 Å². The topological polar surface area (TPSA) is 29.5 Å². The number of carbonyl (C=O) groups is 1. The van der Waals surface area contributed by atoms with Crippen LogP contribution in [0.4, 0.5) is 4.39 Å². The highest BCUT2D eigenvalue weighted by molar-refractivity contribution is 9.10. The Labute approximate surface area is 114 Å². The fourth-order valence-electron chi connectivity index (χ4n) is 2.01. The van der Waals surface area contributed by atoms with Crippen molar-refractivity contribution in [3.8, 4) is 0 Å². The van der Waals surface area contributed by atoms with Gasteiger partial charge in [0.25, 0.3) is 5.91 Å². The first kappa shape index (κ1) is 13.5. The van der Waals surface area contributed by atoms with E-state index in [-0.39, 0.29) is 17.6 Å². The zero-order valence-corrected chi connectivity index (χ0v) is 12.0. The highest BCUT2D eigenvalue weighted by Gasteiger charge is 2.26. The Morgan fingerprint density at radius 1 is 1.56 bits per heavy atom. The third kappa shape index (κ3) is 2.57. The molecule has 1 aromatic rings. The molecular weight excluding hydrogens is 301 g/mol. The largest absolute Gasteiger partial charge is 0.375 e. The monoisotopic (exact) mass is 315 g/mol. The second kappa shape index (κ2) is 5.36. The van der Waals surface area contributed by atoms with Crippen molar-refractivity contribution in [3.05, 3.63) is 33.5 Å². The molecule has 0 aliphatic carbocycles. The van der Waals surface area contributed by atoms with Crippen LogP contribution in [0.25, 0.3) is 0 Å². The van der Waals surface area contributed by atoms with Gasteiger partial charge in [0.2, 0.25) is 0 Å². The highest BCUT2D eigenvalue weighted by atomic mass is 79.9. The Morgan fingerprint density at radius 2 is 2.28 bits per heavy atom. The van der Waals surface area contributed by atoms with Crippen LogP contribution in [0.3, 0.4) is 0 Å². The van der Waals surface area contributed by atoms with Crippen LogP contribution in [0.15, 0.2) is 16.6 Å². The zero-order chi connectivity index (χ0) is 13.3. The van der Waals surface area contributed by atoms with Gasteiger partial charge in [0.05, 0.1) is 18.3 Å². The lowest BCUT2D eigenvalue weighted by atomic mass is 10.1. The Kier molecular flexibility index (Phi) is 4.02. The van der Waals surface area contributed by atoms with Crippen LogP contribution in [-0.2, 0) is 4.74 Å².